The molecule has 0 spiro atoms. The molecule has 0 unspecified atom stereocenters. The molecule has 0 saturated heterocycles. The van der Waals surface area contributed by atoms with Crippen LogP contribution in [0.5, 0.6) is 0 Å². The molecule has 9 aromatic carbocycles. The number of benzene rings is 9. The molecule has 4 heterocycles. The summed E-state index contributed by atoms with van der Waals surface area (Å²) in [5.74, 6) is 0.729. The van der Waals surface area contributed by atoms with Gasteiger partial charge >= 0.3 is 0 Å². The summed E-state index contributed by atoms with van der Waals surface area (Å²) in [5.41, 5.74) is 23.7. The highest BCUT2D eigenvalue weighted by Gasteiger charge is 2.22. The lowest BCUT2D eigenvalue weighted by Crippen LogP contribution is -2.02. The van der Waals surface area contributed by atoms with Gasteiger partial charge in [0, 0.05) is 60.7 Å². The van der Waals surface area contributed by atoms with Crippen molar-refractivity contribution in [2.45, 2.75) is 34.6 Å². The van der Waals surface area contributed by atoms with Crippen LogP contribution in [0.4, 0.5) is 0 Å². The molecular formula is C69H53N5. The molecule has 0 atom stereocenters. The number of nitrogens with zero attached hydrogens (tertiary/aromatic N) is 5. The summed E-state index contributed by atoms with van der Waals surface area (Å²) in [6.07, 6.45) is 6.06. The molecule has 0 aliphatic rings. The second-order valence-electron chi connectivity index (χ2n) is 19.7. The van der Waals surface area contributed by atoms with E-state index in [-0.39, 0.29) is 0 Å². The molecule has 5 heteroatoms. The quantitative estimate of drug-likeness (QED) is 0.135. The Balaban J connectivity index is 0.960. The first-order valence-corrected chi connectivity index (χ1v) is 25.4. The van der Waals surface area contributed by atoms with Gasteiger partial charge in [-0.25, -0.2) is 9.97 Å². The molecule has 0 aliphatic heterocycles. The van der Waals surface area contributed by atoms with Crippen LogP contribution in [0.1, 0.15) is 33.5 Å². The minimum atomic E-state index is 0.729. The zero-order chi connectivity index (χ0) is 50.2. The first kappa shape index (κ1) is 44.6. The van der Waals surface area contributed by atoms with E-state index >= 15 is 0 Å². The summed E-state index contributed by atoms with van der Waals surface area (Å²) >= 11 is 0. The van der Waals surface area contributed by atoms with E-state index in [9.17, 15) is 0 Å². The predicted molar refractivity (Wildman–Crippen MR) is 312 cm³/mol. The summed E-state index contributed by atoms with van der Waals surface area (Å²) in [5, 5.41) is 6.11. The van der Waals surface area contributed by atoms with E-state index in [0.717, 1.165) is 73.1 Å². The fraction of sp³-hybridized carbons (Fsp3) is 0.0725. The fourth-order valence-electron chi connectivity index (χ4n) is 11.6. The van der Waals surface area contributed by atoms with Gasteiger partial charge in [0.05, 0.1) is 44.7 Å². The third kappa shape index (κ3) is 7.22. The zero-order valence-electron chi connectivity index (χ0n) is 42.2. The van der Waals surface area contributed by atoms with Gasteiger partial charge in [-0.3, -0.25) is 0 Å². The zero-order valence-corrected chi connectivity index (χ0v) is 42.2. The van der Waals surface area contributed by atoms with Crippen molar-refractivity contribution in [1.82, 2.24) is 23.7 Å². The summed E-state index contributed by atoms with van der Waals surface area (Å²) in [6, 6.07) is 72.7. The molecule has 0 fully saturated rings. The van der Waals surface area contributed by atoms with Gasteiger partial charge in [0.2, 0.25) is 0 Å². The van der Waals surface area contributed by atoms with Crippen LogP contribution in [-0.2, 0) is 0 Å². The van der Waals surface area contributed by atoms with Gasteiger partial charge in [0.25, 0.3) is 0 Å². The van der Waals surface area contributed by atoms with Gasteiger partial charge in [0.1, 0.15) is 0 Å². The Morgan fingerprint density at radius 3 is 1.46 bits per heavy atom. The van der Waals surface area contributed by atoms with Crippen molar-refractivity contribution < 1.29 is 0 Å². The maximum atomic E-state index is 5.19. The highest BCUT2D eigenvalue weighted by atomic mass is 15.0. The second-order valence-corrected chi connectivity index (χ2v) is 19.7. The van der Waals surface area contributed by atoms with E-state index in [1.165, 1.54) is 77.0 Å². The van der Waals surface area contributed by atoms with Crippen LogP contribution in [-0.4, -0.2) is 23.7 Å². The molecule has 13 aromatic rings. The summed E-state index contributed by atoms with van der Waals surface area (Å²) in [4.78, 5) is 10.3. The summed E-state index contributed by atoms with van der Waals surface area (Å²) < 4.78 is 7.32. The van der Waals surface area contributed by atoms with Gasteiger partial charge in [-0.1, -0.05) is 146 Å². The highest BCUT2D eigenvalue weighted by molar-refractivity contribution is 6.13. The average Bonchev–Trinajstić information content (AvgIpc) is 4.05. The first-order valence-electron chi connectivity index (χ1n) is 25.4. The predicted octanol–water partition coefficient (Wildman–Crippen LogP) is 18.0. The number of aromatic nitrogens is 5. The lowest BCUT2D eigenvalue weighted by molar-refractivity contribution is 1.09. The molecule has 0 bridgehead atoms. The molecule has 0 N–H and O–H groups in total. The molecule has 13 rings (SSSR count). The van der Waals surface area contributed by atoms with Gasteiger partial charge in [0.15, 0.2) is 5.82 Å². The highest BCUT2D eigenvalue weighted by Crippen LogP contribution is 2.41. The number of hydrogen-bond acceptors (Lipinski definition) is 2. The SMILES string of the molecule is C=C/C=C\c1c(C)c2ccccc2n1-c1ccc2c(c1)c1cc(-n3c4ccccc4c4ccccc43)ccc1n2-c1c(C)cc(-c2ccc(-c3cc(-c4ccccc4C)nc(-c4ccccc4C)n3)cc2)cc1C. The van der Waals surface area contributed by atoms with Crippen molar-refractivity contribution in [3.8, 4) is 62.1 Å². The number of rotatable bonds is 9. The molecule has 5 nitrogen and oxygen atoms in total. The second kappa shape index (κ2) is 17.8. The Morgan fingerprint density at radius 1 is 0.378 bits per heavy atom. The molecule has 74 heavy (non-hydrogen) atoms. The van der Waals surface area contributed by atoms with Crippen LogP contribution in [0.3, 0.4) is 0 Å². The smallest absolute Gasteiger partial charge is 0.160 e. The number of allylic oxidation sites excluding steroid dienone is 2. The van der Waals surface area contributed by atoms with Crippen LogP contribution in [0.25, 0.3) is 123 Å². The third-order valence-electron chi connectivity index (χ3n) is 15.2. The van der Waals surface area contributed by atoms with E-state index < -0.39 is 0 Å². The Morgan fingerprint density at radius 2 is 0.865 bits per heavy atom. The van der Waals surface area contributed by atoms with Crippen molar-refractivity contribution in [2.75, 3.05) is 0 Å². The van der Waals surface area contributed by atoms with Crippen LogP contribution in [0.2, 0.25) is 0 Å². The van der Waals surface area contributed by atoms with E-state index in [1.807, 2.05) is 12.2 Å². The Kier molecular flexibility index (Phi) is 10.7. The largest absolute Gasteiger partial charge is 0.310 e. The van der Waals surface area contributed by atoms with Gasteiger partial charge in [-0.15, -0.1) is 0 Å². The fourth-order valence-corrected chi connectivity index (χ4v) is 11.6. The molecular weight excluding hydrogens is 899 g/mol. The van der Waals surface area contributed by atoms with Gasteiger partial charge in [-0.05, 0) is 152 Å². The number of para-hydroxylation sites is 3. The summed E-state index contributed by atoms with van der Waals surface area (Å²) in [7, 11) is 0. The van der Waals surface area contributed by atoms with E-state index in [1.54, 1.807) is 0 Å². The number of fused-ring (bicyclic) bond motifs is 7. The van der Waals surface area contributed by atoms with Crippen LogP contribution in [0.15, 0.2) is 219 Å². The minimum absolute atomic E-state index is 0.729. The lowest BCUT2D eigenvalue weighted by Gasteiger charge is -2.17. The van der Waals surface area contributed by atoms with Gasteiger partial charge in [-0.2, -0.15) is 0 Å². The normalized spacial score (nSPS) is 11.9. The topological polar surface area (TPSA) is 40.6 Å². The lowest BCUT2D eigenvalue weighted by atomic mass is 9.97. The van der Waals surface area contributed by atoms with Crippen molar-refractivity contribution >= 4 is 60.6 Å². The third-order valence-corrected chi connectivity index (χ3v) is 15.2. The molecule has 0 radical (unpaired) electrons. The van der Waals surface area contributed by atoms with E-state index in [4.69, 9.17) is 9.97 Å². The Labute approximate surface area is 431 Å². The molecule has 0 amide bonds. The van der Waals surface area contributed by atoms with Crippen LogP contribution < -0.4 is 0 Å². The molecule has 354 valence electrons. The number of hydrogen-bond donors (Lipinski definition) is 0. The van der Waals surface area contributed by atoms with E-state index in [2.05, 4.69) is 261 Å². The van der Waals surface area contributed by atoms with Crippen molar-refractivity contribution in [1.29, 1.82) is 0 Å². The maximum absolute atomic E-state index is 5.19. The molecule has 4 aromatic heterocycles. The number of aryl methyl sites for hydroxylation is 5. The monoisotopic (exact) mass is 951 g/mol. The molecule has 0 saturated carbocycles. The van der Waals surface area contributed by atoms with Gasteiger partial charge < -0.3 is 13.7 Å². The minimum Gasteiger partial charge on any atom is -0.310 e. The maximum Gasteiger partial charge on any atom is 0.160 e. The first-order chi connectivity index (χ1) is 36.2. The standard InChI is InChI=1S/C69H53N5/c1-7-8-26-62-47(6)55-23-13-16-27-63(55)72(62)51-34-36-66-58(40-51)59-41-52(73-64-28-17-14-24-56(64)57-25-15-18-29-65(57)73)35-37-67(59)74(66)68-45(4)38-50(39-46(68)5)48-30-32-49(33-31-48)60-42-61(53-21-11-9-19-43(53)2)71-69(70-60)54-22-12-10-20-44(54)3/h7-42H,1H2,2-6H3/b26-8-. The Hall–Kier alpha value is -9.32. The van der Waals surface area contributed by atoms with Crippen molar-refractivity contribution in [3.05, 3.63) is 252 Å². The van der Waals surface area contributed by atoms with Crippen LogP contribution >= 0.6 is 0 Å². The van der Waals surface area contributed by atoms with E-state index in [0.29, 0.717) is 0 Å². The van der Waals surface area contributed by atoms with Crippen molar-refractivity contribution in [3.63, 3.8) is 0 Å². The Bertz CT molecular complexity index is 4300. The summed E-state index contributed by atoms with van der Waals surface area (Å²) in [6.45, 7) is 15.0. The van der Waals surface area contributed by atoms with Crippen molar-refractivity contribution in [2.24, 2.45) is 0 Å². The average molecular weight is 952 g/mol. The van der Waals surface area contributed by atoms with Crippen LogP contribution in [0, 0.1) is 34.6 Å². The molecule has 0 aliphatic carbocycles.